The van der Waals surface area contributed by atoms with E-state index in [9.17, 15) is 18.0 Å². The van der Waals surface area contributed by atoms with Crippen molar-refractivity contribution in [2.24, 2.45) is 5.92 Å². The zero-order valence-corrected chi connectivity index (χ0v) is 19.7. The monoisotopic (exact) mass is 474 g/mol. The van der Waals surface area contributed by atoms with Crippen molar-refractivity contribution in [3.05, 3.63) is 42.6 Å². The summed E-state index contributed by atoms with van der Waals surface area (Å²) < 4.78 is 33.6. The molecule has 1 aromatic carbocycles. The number of amides is 2. The lowest BCUT2D eigenvalue weighted by Crippen LogP contribution is -2.41. The Kier molecular flexibility index (Phi) is 8.40. The fraction of sp³-hybridized carbons (Fsp3) is 0.435. The largest absolute Gasteiger partial charge is 0.489 e. The SMILES string of the molecule is CC(=O)Nc1ccc(S(=O)(=O)N[C@@H](C)C(=O)Nc2ncccc2OCC2CCCCC2)cc1. The summed E-state index contributed by atoms with van der Waals surface area (Å²) in [5.41, 5.74) is 0.475. The van der Waals surface area contributed by atoms with Crippen LogP contribution in [0.2, 0.25) is 0 Å². The van der Waals surface area contributed by atoms with Crippen molar-refractivity contribution in [3.63, 3.8) is 0 Å². The van der Waals surface area contributed by atoms with Gasteiger partial charge in [0.1, 0.15) is 0 Å². The highest BCUT2D eigenvalue weighted by atomic mass is 32.2. The molecule has 1 saturated carbocycles. The van der Waals surface area contributed by atoms with E-state index in [1.54, 1.807) is 12.1 Å². The molecule has 1 fully saturated rings. The van der Waals surface area contributed by atoms with Crippen molar-refractivity contribution in [1.82, 2.24) is 9.71 Å². The minimum absolute atomic E-state index is 0.0226. The molecule has 0 spiro atoms. The van der Waals surface area contributed by atoms with Crippen LogP contribution >= 0.6 is 0 Å². The number of carbonyl (C=O) groups excluding carboxylic acids is 2. The number of benzene rings is 1. The summed E-state index contributed by atoms with van der Waals surface area (Å²) in [5, 5.41) is 5.22. The lowest BCUT2D eigenvalue weighted by atomic mass is 9.90. The number of rotatable bonds is 9. The fourth-order valence-corrected chi connectivity index (χ4v) is 4.87. The van der Waals surface area contributed by atoms with E-state index < -0.39 is 22.0 Å². The first-order valence-corrected chi connectivity index (χ1v) is 12.5. The number of hydrogen-bond acceptors (Lipinski definition) is 6. The Labute approximate surface area is 194 Å². The number of ether oxygens (including phenoxy) is 1. The van der Waals surface area contributed by atoms with Crippen LogP contribution in [0.15, 0.2) is 47.5 Å². The van der Waals surface area contributed by atoms with Crippen molar-refractivity contribution in [3.8, 4) is 5.75 Å². The van der Waals surface area contributed by atoms with Crippen molar-refractivity contribution in [2.45, 2.75) is 56.9 Å². The van der Waals surface area contributed by atoms with Gasteiger partial charge in [0.15, 0.2) is 11.6 Å². The Morgan fingerprint density at radius 1 is 1.09 bits per heavy atom. The molecule has 3 N–H and O–H groups in total. The number of nitrogens with zero attached hydrogens (tertiary/aromatic N) is 1. The second-order valence-corrected chi connectivity index (χ2v) is 9.92. The second kappa shape index (κ2) is 11.2. The van der Waals surface area contributed by atoms with Gasteiger partial charge in [-0.3, -0.25) is 9.59 Å². The first kappa shape index (κ1) is 24.7. The molecule has 1 atom stereocenters. The average Bonchev–Trinajstić information content (AvgIpc) is 2.79. The number of carbonyl (C=O) groups is 2. The molecule has 2 amide bonds. The molecule has 2 aromatic rings. The van der Waals surface area contributed by atoms with E-state index in [0.29, 0.717) is 24.0 Å². The molecule has 0 bridgehead atoms. The third kappa shape index (κ3) is 7.26. The summed E-state index contributed by atoms with van der Waals surface area (Å²) >= 11 is 0. The maximum absolute atomic E-state index is 12.7. The number of hydrogen-bond donors (Lipinski definition) is 3. The number of anilines is 2. The molecule has 3 rings (SSSR count). The zero-order chi connectivity index (χ0) is 23.8. The summed E-state index contributed by atoms with van der Waals surface area (Å²) in [7, 11) is -3.95. The van der Waals surface area contributed by atoms with Crippen molar-refractivity contribution < 1.29 is 22.7 Å². The number of aromatic nitrogens is 1. The molecule has 1 heterocycles. The molecule has 0 unspecified atom stereocenters. The van der Waals surface area contributed by atoms with E-state index in [-0.39, 0.29) is 16.6 Å². The minimum atomic E-state index is -3.95. The molecular weight excluding hydrogens is 444 g/mol. The standard InChI is InChI=1S/C23H30N4O5S/c1-16(27-33(30,31)20-12-10-19(11-13-20)25-17(2)28)23(29)26-22-21(9-6-14-24-22)32-15-18-7-4-3-5-8-18/h6,9-14,16,18,27H,3-5,7-8,15H2,1-2H3,(H,25,28)(H,24,26,29)/t16-/m0/s1. The van der Waals surface area contributed by atoms with E-state index in [1.807, 2.05) is 0 Å². The normalized spacial score (nSPS) is 15.5. The van der Waals surface area contributed by atoms with E-state index in [2.05, 4.69) is 20.3 Å². The zero-order valence-electron chi connectivity index (χ0n) is 18.8. The van der Waals surface area contributed by atoms with E-state index in [4.69, 9.17) is 4.74 Å². The van der Waals surface area contributed by atoms with Crippen LogP contribution in [0.3, 0.4) is 0 Å². The number of pyridine rings is 1. The van der Waals surface area contributed by atoms with Crippen LogP contribution in [0.25, 0.3) is 0 Å². The molecule has 9 nitrogen and oxygen atoms in total. The Hall–Kier alpha value is -2.98. The van der Waals surface area contributed by atoms with E-state index >= 15 is 0 Å². The molecule has 0 saturated heterocycles. The lowest BCUT2D eigenvalue weighted by molar-refractivity contribution is -0.117. The predicted octanol–water partition coefficient (Wildman–Crippen LogP) is 3.30. The highest BCUT2D eigenvalue weighted by molar-refractivity contribution is 7.89. The van der Waals surface area contributed by atoms with Crippen molar-refractivity contribution in [1.29, 1.82) is 0 Å². The van der Waals surface area contributed by atoms with Crippen LogP contribution in [0.1, 0.15) is 46.0 Å². The van der Waals surface area contributed by atoms with E-state index in [1.165, 1.54) is 63.6 Å². The lowest BCUT2D eigenvalue weighted by Gasteiger charge is -2.22. The fourth-order valence-electron chi connectivity index (χ4n) is 3.66. The molecule has 10 heteroatoms. The maximum atomic E-state index is 12.7. The summed E-state index contributed by atoms with van der Waals surface area (Å²) in [4.78, 5) is 27.9. The molecule has 1 aromatic heterocycles. The summed E-state index contributed by atoms with van der Waals surface area (Å²) in [6.45, 7) is 3.37. The van der Waals surface area contributed by atoms with E-state index in [0.717, 1.165) is 12.8 Å². The van der Waals surface area contributed by atoms with Gasteiger partial charge in [-0.15, -0.1) is 0 Å². The van der Waals surface area contributed by atoms with Gasteiger partial charge in [0.2, 0.25) is 21.8 Å². The highest BCUT2D eigenvalue weighted by Crippen LogP contribution is 2.27. The molecule has 178 valence electrons. The van der Waals surface area contributed by atoms with Crippen LogP contribution < -0.4 is 20.1 Å². The third-order valence-corrected chi connectivity index (χ3v) is 6.98. The van der Waals surface area contributed by atoms with Gasteiger partial charge in [0, 0.05) is 18.8 Å². The summed E-state index contributed by atoms with van der Waals surface area (Å²) in [6, 6.07) is 8.06. The van der Waals surface area contributed by atoms with Gasteiger partial charge >= 0.3 is 0 Å². The average molecular weight is 475 g/mol. The smallest absolute Gasteiger partial charge is 0.243 e. The van der Waals surface area contributed by atoms with Gasteiger partial charge in [-0.1, -0.05) is 19.3 Å². The summed E-state index contributed by atoms with van der Waals surface area (Å²) in [6.07, 6.45) is 7.47. The van der Waals surface area contributed by atoms with Gasteiger partial charge in [-0.05, 0) is 62.1 Å². The Morgan fingerprint density at radius 3 is 2.45 bits per heavy atom. The second-order valence-electron chi connectivity index (χ2n) is 8.20. The first-order valence-electron chi connectivity index (χ1n) is 11.0. The van der Waals surface area contributed by atoms with Crippen LogP contribution in [-0.4, -0.2) is 37.9 Å². The van der Waals surface area contributed by atoms with Crippen LogP contribution in [-0.2, 0) is 19.6 Å². The molecule has 0 radical (unpaired) electrons. The van der Waals surface area contributed by atoms with Crippen molar-refractivity contribution >= 4 is 33.3 Å². The number of nitrogens with one attached hydrogen (secondary N) is 3. The van der Waals surface area contributed by atoms with Gasteiger partial charge in [0.25, 0.3) is 0 Å². The first-order chi connectivity index (χ1) is 15.7. The number of sulfonamides is 1. The Balaban J connectivity index is 1.60. The van der Waals surface area contributed by atoms with Crippen LogP contribution in [0, 0.1) is 5.92 Å². The molecular formula is C23H30N4O5S. The highest BCUT2D eigenvalue weighted by Gasteiger charge is 2.23. The van der Waals surface area contributed by atoms with Crippen LogP contribution in [0.5, 0.6) is 5.75 Å². The van der Waals surface area contributed by atoms with Gasteiger partial charge in [0.05, 0.1) is 17.5 Å². The summed E-state index contributed by atoms with van der Waals surface area (Å²) in [5.74, 6) is 0.384. The Bertz CT molecular complexity index is 1070. The van der Waals surface area contributed by atoms with Gasteiger partial charge < -0.3 is 15.4 Å². The minimum Gasteiger partial charge on any atom is -0.489 e. The van der Waals surface area contributed by atoms with Gasteiger partial charge in [-0.25, -0.2) is 13.4 Å². The maximum Gasteiger partial charge on any atom is 0.243 e. The molecule has 1 aliphatic rings. The van der Waals surface area contributed by atoms with Crippen LogP contribution in [0.4, 0.5) is 11.5 Å². The molecule has 1 aliphatic carbocycles. The quantitative estimate of drug-likeness (QED) is 0.512. The van der Waals surface area contributed by atoms with Crippen molar-refractivity contribution in [2.75, 3.05) is 17.2 Å². The topological polar surface area (TPSA) is 126 Å². The Morgan fingerprint density at radius 2 is 1.79 bits per heavy atom. The van der Waals surface area contributed by atoms with Gasteiger partial charge in [-0.2, -0.15) is 4.72 Å². The molecule has 0 aliphatic heterocycles. The third-order valence-electron chi connectivity index (χ3n) is 5.42. The predicted molar refractivity (Wildman–Crippen MR) is 125 cm³/mol. The molecule has 33 heavy (non-hydrogen) atoms.